The second kappa shape index (κ2) is 7.24. The van der Waals surface area contributed by atoms with E-state index >= 15 is 0 Å². The van der Waals surface area contributed by atoms with Crippen LogP contribution in [0.15, 0.2) is 18.2 Å². The van der Waals surface area contributed by atoms with E-state index in [1.165, 1.54) is 25.7 Å². The van der Waals surface area contributed by atoms with Crippen LogP contribution < -0.4 is 5.32 Å². The normalized spacial score (nSPS) is 16.6. The highest BCUT2D eigenvalue weighted by atomic mass is 16.6. The Bertz CT molecular complexity index is 454. The van der Waals surface area contributed by atoms with E-state index in [9.17, 15) is 10.1 Å². The van der Waals surface area contributed by atoms with E-state index in [1.54, 1.807) is 12.1 Å². The van der Waals surface area contributed by atoms with Crippen molar-refractivity contribution < 1.29 is 4.92 Å². The lowest BCUT2D eigenvalue weighted by molar-refractivity contribution is -0.384. The number of nitro benzene ring substituents is 1. The van der Waals surface area contributed by atoms with Crippen LogP contribution in [0.5, 0.6) is 0 Å². The van der Waals surface area contributed by atoms with Gasteiger partial charge in [0.2, 0.25) is 0 Å². The smallest absolute Gasteiger partial charge is 0.269 e. The zero-order chi connectivity index (χ0) is 14.4. The predicted molar refractivity (Wildman–Crippen MR) is 81.0 cm³/mol. The van der Waals surface area contributed by atoms with Crippen LogP contribution >= 0.6 is 0 Å². The molecule has 1 N–H and O–H groups in total. The highest BCUT2D eigenvalue weighted by Crippen LogP contribution is 2.24. The van der Waals surface area contributed by atoms with E-state index in [-0.39, 0.29) is 10.6 Å². The Balaban J connectivity index is 2.17. The Hall–Kier alpha value is -1.62. The average molecular weight is 277 g/mol. The van der Waals surface area contributed by atoms with Crippen molar-refractivity contribution in [2.75, 3.05) is 25.0 Å². The van der Waals surface area contributed by atoms with Crippen molar-refractivity contribution in [1.29, 1.82) is 0 Å². The number of hydrogen-bond acceptors (Lipinski definition) is 4. The highest BCUT2D eigenvalue weighted by Gasteiger charge is 2.15. The van der Waals surface area contributed by atoms with Crippen molar-refractivity contribution in [3.8, 4) is 0 Å². The van der Waals surface area contributed by atoms with Gasteiger partial charge in [-0.15, -0.1) is 0 Å². The van der Waals surface area contributed by atoms with Crippen LogP contribution in [-0.4, -0.2) is 29.5 Å². The SMILES string of the molecule is CCNc1ccc([N+](=O)[O-])cc1CN1CCCCCC1. The van der Waals surface area contributed by atoms with Gasteiger partial charge in [-0.3, -0.25) is 15.0 Å². The molecule has 1 saturated heterocycles. The molecule has 1 aliphatic rings. The summed E-state index contributed by atoms with van der Waals surface area (Å²) in [5, 5.41) is 14.2. The summed E-state index contributed by atoms with van der Waals surface area (Å²) in [7, 11) is 0. The Morgan fingerprint density at radius 2 is 1.95 bits per heavy atom. The zero-order valence-electron chi connectivity index (χ0n) is 12.1. The van der Waals surface area contributed by atoms with Crippen LogP contribution in [0.25, 0.3) is 0 Å². The quantitative estimate of drug-likeness (QED) is 0.662. The molecular weight excluding hydrogens is 254 g/mol. The van der Waals surface area contributed by atoms with E-state index in [4.69, 9.17) is 0 Å². The van der Waals surface area contributed by atoms with Gasteiger partial charge in [-0.1, -0.05) is 12.8 Å². The molecule has 1 aromatic rings. The molecule has 0 unspecified atom stereocenters. The summed E-state index contributed by atoms with van der Waals surface area (Å²) in [6.45, 7) is 5.84. The summed E-state index contributed by atoms with van der Waals surface area (Å²) in [6.07, 6.45) is 5.05. The van der Waals surface area contributed by atoms with Crippen LogP contribution in [0.3, 0.4) is 0 Å². The lowest BCUT2D eigenvalue weighted by Gasteiger charge is -2.21. The van der Waals surface area contributed by atoms with Gasteiger partial charge >= 0.3 is 0 Å². The number of anilines is 1. The van der Waals surface area contributed by atoms with Crippen LogP contribution in [0.4, 0.5) is 11.4 Å². The molecule has 1 fully saturated rings. The van der Waals surface area contributed by atoms with Crippen LogP contribution in [0.2, 0.25) is 0 Å². The predicted octanol–water partition coefficient (Wildman–Crippen LogP) is 3.40. The monoisotopic (exact) mass is 277 g/mol. The molecule has 0 atom stereocenters. The maximum Gasteiger partial charge on any atom is 0.269 e. The number of benzene rings is 1. The van der Waals surface area contributed by atoms with Gasteiger partial charge in [-0.05, 0) is 44.5 Å². The third-order valence-electron chi connectivity index (χ3n) is 3.76. The fourth-order valence-electron chi connectivity index (χ4n) is 2.72. The molecule has 0 aliphatic carbocycles. The summed E-state index contributed by atoms with van der Waals surface area (Å²) in [4.78, 5) is 13.0. The molecule has 1 aromatic carbocycles. The van der Waals surface area contributed by atoms with Gasteiger partial charge in [0, 0.05) is 30.9 Å². The molecular formula is C15H23N3O2. The van der Waals surface area contributed by atoms with Crippen LogP contribution in [-0.2, 0) is 6.54 Å². The molecule has 5 heteroatoms. The number of hydrogen-bond donors (Lipinski definition) is 1. The van der Waals surface area contributed by atoms with E-state index in [0.29, 0.717) is 0 Å². The summed E-state index contributed by atoms with van der Waals surface area (Å²) < 4.78 is 0. The van der Waals surface area contributed by atoms with Crippen LogP contribution in [0, 0.1) is 10.1 Å². The Morgan fingerprint density at radius 3 is 2.55 bits per heavy atom. The molecule has 0 amide bonds. The fourth-order valence-corrected chi connectivity index (χ4v) is 2.72. The Kier molecular flexibility index (Phi) is 5.35. The first-order valence-electron chi connectivity index (χ1n) is 7.44. The molecule has 20 heavy (non-hydrogen) atoms. The van der Waals surface area contributed by atoms with Crippen molar-refractivity contribution in [3.63, 3.8) is 0 Å². The number of rotatable bonds is 5. The van der Waals surface area contributed by atoms with Gasteiger partial charge in [0.1, 0.15) is 0 Å². The molecule has 1 aliphatic heterocycles. The molecule has 0 bridgehead atoms. The van der Waals surface area contributed by atoms with E-state index in [2.05, 4.69) is 10.2 Å². The maximum atomic E-state index is 10.9. The van der Waals surface area contributed by atoms with Crippen molar-refractivity contribution >= 4 is 11.4 Å². The van der Waals surface area contributed by atoms with Gasteiger partial charge in [0.05, 0.1) is 4.92 Å². The Labute approximate surface area is 120 Å². The number of nitrogens with zero attached hydrogens (tertiary/aromatic N) is 2. The number of non-ortho nitro benzene ring substituents is 1. The minimum Gasteiger partial charge on any atom is -0.385 e. The highest BCUT2D eigenvalue weighted by molar-refractivity contribution is 5.56. The molecule has 2 rings (SSSR count). The van der Waals surface area contributed by atoms with Gasteiger partial charge in [-0.2, -0.15) is 0 Å². The van der Waals surface area contributed by atoms with E-state index < -0.39 is 0 Å². The standard InChI is InChI=1S/C15H23N3O2/c1-2-16-15-8-7-14(18(19)20)11-13(15)12-17-9-5-3-4-6-10-17/h7-8,11,16H,2-6,9-10,12H2,1H3. The van der Waals surface area contributed by atoms with Crippen molar-refractivity contribution in [2.24, 2.45) is 0 Å². The molecule has 0 saturated carbocycles. The fraction of sp³-hybridized carbons (Fsp3) is 0.600. The van der Waals surface area contributed by atoms with Crippen LogP contribution in [0.1, 0.15) is 38.2 Å². The Morgan fingerprint density at radius 1 is 1.25 bits per heavy atom. The molecule has 0 radical (unpaired) electrons. The summed E-state index contributed by atoms with van der Waals surface area (Å²) in [5.41, 5.74) is 2.22. The first kappa shape index (κ1) is 14.8. The minimum absolute atomic E-state index is 0.177. The summed E-state index contributed by atoms with van der Waals surface area (Å²) in [6, 6.07) is 5.11. The second-order valence-electron chi connectivity index (χ2n) is 5.32. The molecule has 110 valence electrons. The van der Waals surface area contributed by atoms with Gasteiger partial charge in [-0.25, -0.2) is 0 Å². The number of likely N-dealkylation sites (tertiary alicyclic amines) is 1. The maximum absolute atomic E-state index is 10.9. The lowest BCUT2D eigenvalue weighted by atomic mass is 10.1. The molecule has 0 spiro atoms. The average Bonchev–Trinajstić information content (AvgIpc) is 2.69. The lowest BCUT2D eigenvalue weighted by Crippen LogP contribution is -2.24. The van der Waals surface area contributed by atoms with Crippen molar-refractivity contribution in [2.45, 2.75) is 39.2 Å². The zero-order valence-corrected chi connectivity index (χ0v) is 12.1. The van der Waals surface area contributed by atoms with Crippen molar-refractivity contribution in [1.82, 2.24) is 4.90 Å². The molecule has 0 aromatic heterocycles. The third-order valence-corrected chi connectivity index (χ3v) is 3.76. The molecule has 5 nitrogen and oxygen atoms in total. The van der Waals surface area contributed by atoms with Gasteiger partial charge in [0.25, 0.3) is 5.69 Å². The van der Waals surface area contributed by atoms with Gasteiger partial charge in [0.15, 0.2) is 0 Å². The topological polar surface area (TPSA) is 58.4 Å². The first-order chi connectivity index (χ1) is 9.70. The second-order valence-corrected chi connectivity index (χ2v) is 5.32. The van der Waals surface area contributed by atoms with Crippen molar-refractivity contribution in [3.05, 3.63) is 33.9 Å². The molecule has 1 heterocycles. The van der Waals surface area contributed by atoms with Gasteiger partial charge < -0.3 is 5.32 Å². The number of nitrogens with one attached hydrogen (secondary N) is 1. The number of nitro groups is 1. The summed E-state index contributed by atoms with van der Waals surface area (Å²) >= 11 is 0. The summed E-state index contributed by atoms with van der Waals surface area (Å²) in [5.74, 6) is 0. The third kappa shape index (κ3) is 3.93. The largest absolute Gasteiger partial charge is 0.385 e. The van der Waals surface area contributed by atoms with E-state index in [1.807, 2.05) is 13.0 Å². The minimum atomic E-state index is -0.318. The first-order valence-corrected chi connectivity index (χ1v) is 7.44. The van der Waals surface area contributed by atoms with E-state index in [0.717, 1.165) is 37.4 Å².